The molecule has 1 atom stereocenters. The summed E-state index contributed by atoms with van der Waals surface area (Å²) in [5.74, 6) is 0.0807. The van der Waals surface area contributed by atoms with Crippen LogP contribution in [0.5, 0.6) is 0 Å². The lowest BCUT2D eigenvalue weighted by Crippen LogP contribution is -2.43. The Morgan fingerprint density at radius 3 is 2.85 bits per heavy atom. The number of rotatable bonds is 7. The van der Waals surface area contributed by atoms with Crippen LogP contribution in [0.25, 0.3) is 0 Å². The first-order valence-corrected chi connectivity index (χ1v) is 7.33. The van der Waals surface area contributed by atoms with Crippen molar-refractivity contribution >= 4 is 5.91 Å². The van der Waals surface area contributed by atoms with Crippen LogP contribution in [0.2, 0.25) is 0 Å². The summed E-state index contributed by atoms with van der Waals surface area (Å²) in [7, 11) is 1.57. The molecule has 4 heteroatoms. The average Bonchev–Trinajstić information content (AvgIpc) is 2.97. The van der Waals surface area contributed by atoms with E-state index in [4.69, 9.17) is 4.74 Å². The van der Waals surface area contributed by atoms with Gasteiger partial charge in [-0.2, -0.15) is 0 Å². The zero-order chi connectivity index (χ0) is 14.2. The standard InChI is InChI=1S/C16H24N2O2/c1-20-13-16(19)18(12-15-8-5-10-17-15)11-9-14-6-3-2-4-7-14/h2-4,6-7,15,17H,5,8-13H2,1H3/t15-/m0/s1. The zero-order valence-electron chi connectivity index (χ0n) is 12.2. The van der Waals surface area contributed by atoms with Crippen molar-refractivity contribution in [3.8, 4) is 0 Å². The molecule has 0 aromatic heterocycles. The molecule has 1 saturated heterocycles. The van der Waals surface area contributed by atoms with E-state index in [1.165, 1.54) is 12.0 Å². The van der Waals surface area contributed by atoms with Gasteiger partial charge in [-0.05, 0) is 31.4 Å². The number of amides is 1. The van der Waals surface area contributed by atoms with Crippen molar-refractivity contribution in [3.05, 3.63) is 35.9 Å². The first-order chi connectivity index (χ1) is 9.79. The molecule has 0 saturated carbocycles. The number of hydrogen-bond donors (Lipinski definition) is 1. The van der Waals surface area contributed by atoms with Crippen molar-refractivity contribution in [2.45, 2.75) is 25.3 Å². The molecule has 1 amide bonds. The molecule has 0 unspecified atom stereocenters. The lowest BCUT2D eigenvalue weighted by Gasteiger charge is -2.25. The molecule has 0 spiro atoms. The fraction of sp³-hybridized carbons (Fsp3) is 0.562. The molecule has 2 rings (SSSR count). The lowest BCUT2D eigenvalue weighted by atomic mass is 10.1. The van der Waals surface area contributed by atoms with Crippen LogP contribution in [0.1, 0.15) is 18.4 Å². The Morgan fingerprint density at radius 2 is 2.20 bits per heavy atom. The summed E-state index contributed by atoms with van der Waals surface area (Å²) < 4.78 is 4.99. The van der Waals surface area contributed by atoms with Crippen LogP contribution in [0.15, 0.2) is 30.3 Å². The SMILES string of the molecule is COCC(=O)N(CCc1ccccc1)C[C@@H]1CCCN1. The molecule has 1 N–H and O–H groups in total. The summed E-state index contributed by atoms with van der Waals surface area (Å²) >= 11 is 0. The summed E-state index contributed by atoms with van der Waals surface area (Å²) in [6.45, 7) is 2.77. The van der Waals surface area contributed by atoms with Crippen molar-refractivity contribution in [1.29, 1.82) is 0 Å². The number of methoxy groups -OCH3 is 1. The second kappa shape index (κ2) is 8.02. The van der Waals surface area contributed by atoms with E-state index in [1.54, 1.807) is 7.11 Å². The number of nitrogens with zero attached hydrogens (tertiary/aromatic N) is 1. The van der Waals surface area contributed by atoms with Crippen LogP contribution in [0.3, 0.4) is 0 Å². The van der Waals surface area contributed by atoms with Gasteiger partial charge in [0.05, 0.1) is 0 Å². The molecule has 1 aromatic rings. The van der Waals surface area contributed by atoms with Crippen LogP contribution in [0.4, 0.5) is 0 Å². The van der Waals surface area contributed by atoms with Crippen molar-refractivity contribution in [2.75, 3.05) is 33.4 Å². The smallest absolute Gasteiger partial charge is 0.248 e. The molecule has 4 nitrogen and oxygen atoms in total. The predicted molar refractivity (Wildman–Crippen MR) is 79.6 cm³/mol. The van der Waals surface area contributed by atoms with Gasteiger partial charge in [-0.1, -0.05) is 30.3 Å². The van der Waals surface area contributed by atoms with E-state index >= 15 is 0 Å². The van der Waals surface area contributed by atoms with Gasteiger partial charge in [0.15, 0.2) is 0 Å². The van der Waals surface area contributed by atoms with E-state index in [9.17, 15) is 4.79 Å². The van der Waals surface area contributed by atoms with E-state index in [0.29, 0.717) is 6.04 Å². The Labute approximate surface area is 121 Å². The second-order valence-corrected chi connectivity index (χ2v) is 5.30. The quantitative estimate of drug-likeness (QED) is 0.819. The van der Waals surface area contributed by atoms with Gasteiger partial charge in [0.2, 0.25) is 5.91 Å². The first-order valence-electron chi connectivity index (χ1n) is 7.33. The summed E-state index contributed by atoms with van der Waals surface area (Å²) in [5, 5.41) is 3.45. The summed E-state index contributed by atoms with van der Waals surface area (Å²) in [6, 6.07) is 10.7. The first kappa shape index (κ1) is 15.0. The summed E-state index contributed by atoms with van der Waals surface area (Å²) in [5.41, 5.74) is 1.27. The highest BCUT2D eigenvalue weighted by Crippen LogP contribution is 2.09. The monoisotopic (exact) mass is 276 g/mol. The van der Waals surface area contributed by atoms with Gasteiger partial charge in [-0.3, -0.25) is 4.79 Å². The second-order valence-electron chi connectivity index (χ2n) is 5.30. The fourth-order valence-corrected chi connectivity index (χ4v) is 2.62. The van der Waals surface area contributed by atoms with Gasteiger partial charge in [0, 0.05) is 26.2 Å². The molecule has 20 heavy (non-hydrogen) atoms. The molecular weight excluding hydrogens is 252 g/mol. The molecule has 0 aliphatic carbocycles. The van der Waals surface area contributed by atoms with Crippen LogP contribution < -0.4 is 5.32 Å². The van der Waals surface area contributed by atoms with Crippen molar-refractivity contribution in [2.24, 2.45) is 0 Å². The molecule has 0 radical (unpaired) electrons. The number of benzene rings is 1. The number of hydrogen-bond acceptors (Lipinski definition) is 3. The maximum Gasteiger partial charge on any atom is 0.248 e. The number of ether oxygens (including phenoxy) is 1. The van der Waals surface area contributed by atoms with E-state index in [0.717, 1.165) is 32.5 Å². The molecule has 1 fully saturated rings. The Morgan fingerprint density at radius 1 is 1.40 bits per heavy atom. The van der Waals surface area contributed by atoms with Gasteiger partial charge >= 0.3 is 0 Å². The van der Waals surface area contributed by atoms with Crippen molar-refractivity contribution in [3.63, 3.8) is 0 Å². The summed E-state index contributed by atoms with van der Waals surface area (Å²) in [4.78, 5) is 14.1. The highest BCUT2D eigenvalue weighted by molar-refractivity contribution is 5.77. The average molecular weight is 276 g/mol. The third-order valence-electron chi connectivity index (χ3n) is 3.74. The minimum atomic E-state index is 0.0807. The normalized spacial score (nSPS) is 18.1. The van der Waals surface area contributed by atoms with Crippen LogP contribution in [-0.2, 0) is 16.0 Å². The summed E-state index contributed by atoms with van der Waals surface area (Å²) in [6.07, 6.45) is 3.25. The topological polar surface area (TPSA) is 41.6 Å². The van der Waals surface area contributed by atoms with Crippen molar-refractivity contribution in [1.82, 2.24) is 10.2 Å². The zero-order valence-corrected chi connectivity index (χ0v) is 12.2. The molecular formula is C16H24N2O2. The molecule has 0 bridgehead atoms. The van der Waals surface area contributed by atoms with Gasteiger partial charge in [0.25, 0.3) is 0 Å². The van der Waals surface area contributed by atoms with Crippen LogP contribution in [-0.4, -0.2) is 50.2 Å². The van der Waals surface area contributed by atoms with Crippen LogP contribution in [0, 0.1) is 0 Å². The van der Waals surface area contributed by atoms with Crippen molar-refractivity contribution < 1.29 is 9.53 Å². The highest BCUT2D eigenvalue weighted by atomic mass is 16.5. The maximum atomic E-state index is 12.1. The van der Waals surface area contributed by atoms with E-state index in [2.05, 4.69) is 17.4 Å². The largest absolute Gasteiger partial charge is 0.375 e. The fourth-order valence-electron chi connectivity index (χ4n) is 2.62. The molecule has 1 aliphatic rings. The number of nitrogens with one attached hydrogen (secondary N) is 1. The Balaban J connectivity index is 1.89. The third kappa shape index (κ3) is 4.62. The lowest BCUT2D eigenvalue weighted by molar-refractivity contribution is -0.135. The number of carbonyl (C=O) groups is 1. The van der Waals surface area contributed by atoms with Gasteiger partial charge < -0.3 is 15.0 Å². The van der Waals surface area contributed by atoms with E-state index in [-0.39, 0.29) is 12.5 Å². The minimum Gasteiger partial charge on any atom is -0.375 e. The number of carbonyl (C=O) groups excluding carboxylic acids is 1. The Hall–Kier alpha value is -1.39. The molecule has 1 aromatic carbocycles. The van der Waals surface area contributed by atoms with E-state index < -0.39 is 0 Å². The maximum absolute atomic E-state index is 12.1. The molecule has 1 aliphatic heterocycles. The van der Waals surface area contributed by atoms with Gasteiger partial charge in [-0.25, -0.2) is 0 Å². The van der Waals surface area contributed by atoms with E-state index in [1.807, 2.05) is 23.1 Å². The Bertz CT molecular complexity index is 402. The van der Waals surface area contributed by atoms with Crippen LogP contribution >= 0.6 is 0 Å². The Kier molecular flexibility index (Phi) is 6.02. The third-order valence-corrected chi connectivity index (χ3v) is 3.74. The van der Waals surface area contributed by atoms with Gasteiger partial charge in [0.1, 0.15) is 6.61 Å². The highest BCUT2D eigenvalue weighted by Gasteiger charge is 2.21. The predicted octanol–water partition coefficient (Wildman–Crippen LogP) is 1.46. The van der Waals surface area contributed by atoms with Gasteiger partial charge in [-0.15, -0.1) is 0 Å². The minimum absolute atomic E-state index is 0.0807. The molecule has 1 heterocycles. The molecule has 110 valence electrons.